The van der Waals surface area contributed by atoms with E-state index in [4.69, 9.17) is 0 Å². The topological polar surface area (TPSA) is 38.0 Å². The van der Waals surface area contributed by atoms with Crippen LogP contribution in [0.15, 0.2) is 61.1 Å². The third kappa shape index (κ3) is 3.06. The number of imidazole rings is 1. The summed E-state index contributed by atoms with van der Waals surface area (Å²) in [5, 5.41) is 11.1. The Bertz CT molecular complexity index is 804. The SMILES string of the molecule is Cc1cccc(C(C)(O)c2cn(Cc3ccccc3)cn2)c1C. The molecule has 0 aliphatic heterocycles. The highest BCUT2D eigenvalue weighted by molar-refractivity contribution is 5.40. The maximum atomic E-state index is 11.1. The van der Waals surface area contributed by atoms with Gasteiger partial charge >= 0.3 is 0 Å². The number of aliphatic hydroxyl groups is 1. The van der Waals surface area contributed by atoms with Gasteiger partial charge in [-0.1, -0.05) is 48.5 Å². The largest absolute Gasteiger partial charge is 0.379 e. The Balaban J connectivity index is 1.91. The number of rotatable bonds is 4. The fourth-order valence-electron chi connectivity index (χ4n) is 2.91. The maximum Gasteiger partial charge on any atom is 0.130 e. The molecule has 3 heteroatoms. The molecule has 23 heavy (non-hydrogen) atoms. The van der Waals surface area contributed by atoms with Crippen LogP contribution in [0.1, 0.15) is 34.9 Å². The molecule has 3 rings (SSSR count). The van der Waals surface area contributed by atoms with Crippen molar-refractivity contribution in [2.24, 2.45) is 0 Å². The summed E-state index contributed by atoms with van der Waals surface area (Å²) in [4.78, 5) is 4.44. The second-order valence-electron chi connectivity index (χ2n) is 6.24. The van der Waals surface area contributed by atoms with Crippen LogP contribution in [0.2, 0.25) is 0 Å². The van der Waals surface area contributed by atoms with Crippen molar-refractivity contribution in [3.8, 4) is 0 Å². The molecule has 1 unspecified atom stereocenters. The predicted molar refractivity (Wildman–Crippen MR) is 92.4 cm³/mol. The van der Waals surface area contributed by atoms with E-state index in [0.717, 1.165) is 17.7 Å². The minimum Gasteiger partial charge on any atom is -0.379 e. The Morgan fingerprint density at radius 3 is 2.52 bits per heavy atom. The summed E-state index contributed by atoms with van der Waals surface area (Å²) in [6, 6.07) is 16.2. The molecule has 0 fully saturated rings. The third-order valence-corrected chi connectivity index (χ3v) is 4.47. The normalized spacial score (nSPS) is 13.7. The number of aromatic nitrogens is 2. The summed E-state index contributed by atoms with van der Waals surface area (Å²) in [5.74, 6) is 0. The van der Waals surface area contributed by atoms with Gasteiger partial charge in [0, 0.05) is 12.7 Å². The molecule has 1 heterocycles. The highest BCUT2D eigenvalue weighted by Crippen LogP contribution is 2.31. The van der Waals surface area contributed by atoms with Gasteiger partial charge < -0.3 is 9.67 Å². The predicted octanol–water partition coefficient (Wildman–Crippen LogP) is 3.80. The van der Waals surface area contributed by atoms with E-state index >= 15 is 0 Å². The number of nitrogens with zero attached hydrogens (tertiary/aromatic N) is 2. The van der Waals surface area contributed by atoms with Crippen molar-refractivity contribution in [1.29, 1.82) is 0 Å². The zero-order valence-electron chi connectivity index (χ0n) is 13.8. The highest BCUT2D eigenvalue weighted by Gasteiger charge is 2.30. The molecular weight excluding hydrogens is 284 g/mol. The van der Waals surface area contributed by atoms with Crippen molar-refractivity contribution in [1.82, 2.24) is 9.55 Å². The smallest absolute Gasteiger partial charge is 0.130 e. The molecule has 1 N–H and O–H groups in total. The third-order valence-electron chi connectivity index (χ3n) is 4.47. The van der Waals surface area contributed by atoms with Crippen molar-refractivity contribution in [2.75, 3.05) is 0 Å². The van der Waals surface area contributed by atoms with E-state index in [-0.39, 0.29) is 0 Å². The van der Waals surface area contributed by atoms with Gasteiger partial charge in [-0.05, 0) is 43.0 Å². The van der Waals surface area contributed by atoms with Crippen molar-refractivity contribution in [3.63, 3.8) is 0 Å². The number of benzene rings is 2. The molecule has 3 aromatic rings. The van der Waals surface area contributed by atoms with Crippen LogP contribution in [-0.2, 0) is 12.1 Å². The van der Waals surface area contributed by atoms with Gasteiger partial charge in [-0.15, -0.1) is 0 Å². The van der Waals surface area contributed by atoms with Gasteiger partial charge in [0.15, 0.2) is 0 Å². The molecule has 1 atom stereocenters. The van der Waals surface area contributed by atoms with Gasteiger partial charge in [0.2, 0.25) is 0 Å². The first kappa shape index (κ1) is 15.5. The second-order valence-corrected chi connectivity index (χ2v) is 6.24. The zero-order valence-corrected chi connectivity index (χ0v) is 13.8. The Morgan fingerprint density at radius 1 is 1.04 bits per heavy atom. The van der Waals surface area contributed by atoms with Crippen LogP contribution >= 0.6 is 0 Å². The Hall–Kier alpha value is -2.39. The average Bonchev–Trinajstić information content (AvgIpc) is 3.00. The van der Waals surface area contributed by atoms with Gasteiger partial charge in [0.25, 0.3) is 0 Å². The zero-order chi connectivity index (χ0) is 16.4. The first-order valence-electron chi connectivity index (χ1n) is 7.83. The summed E-state index contributed by atoms with van der Waals surface area (Å²) < 4.78 is 2.00. The van der Waals surface area contributed by atoms with Crippen LogP contribution in [-0.4, -0.2) is 14.7 Å². The molecule has 0 saturated carbocycles. The first-order valence-corrected chi connectivity index (χ1v) is 7.83. The molecule has 118 valence electrons. The van der Waals surface area contributed by atoms with E-state index in [9.17, 15) is 5.11 Å². The molecule has 0 aliphatic rings. The summed E-state index contributed by atoms with van der Waals surface area (Å²) in [6.07, 6.45) is 3.71. The number of hydrogen-bond acceptors (Lipinski definition) is 2. The van der Waals surface area contributed by atoms with E-state index in [1.807, 2.05) is 54.9 Å². The molecule has 0 bridgehead atoms. The quantitative estimate of drug-likeness (QED) is 0.796. The van der Waals surface area contributed by atoms with Crippen molar-refractivity contribution in [3.05, 3.63) is 89.0 Å². The van der Waals surface area contributed by atoms with E-state index in [0.29, 0.717) is 5.69 Å². The molecular formula is C20H22N2O. The molecule has 0 aliphatic carbocycles. The van der Waals surface area contributed by atoms with E-state index in [1.165, 1.54) is 11.1 Å². The highest BCUT2D eigenvalue weighted by atomic mass is 16.3. The van der Waals surface area contributed by atoms with E-state index < -0.39 is 5.60 Å². The minimum atomic E-state index is -1.10. The van der Waals surface area contributed by atoms with Gasteiger partial charge in [0.1, 0.15) is 5.60 Å². The van der Waals surface area contributed by atoms with E-state index in [1.54, 1.807) is 6.33 Å². The lowest BCUT2D eigenvalue weighted by Crippen LogP contribution is -2.24. The fourth-order valence-corrected chi connectivity index (χ4v) is 2.91. The molecule has 1 aromatic heterocycles. The van der Waals surface area contributed by atoms with Crippen molar-refractivity contribution in [2.45, 2.75) is 32.9 Å². The Kier molecular flexibility index (Phi) is 4.05. The monoisotopic (exact) mass is 306 g/mol. The number of hydrogen-bond donors (Lipinski definition) is 1. The van der Waals surface area contributed by atoms with Crippen LogP contribution in [0.5, 0.6) is 0 Å². The van der Waals surface area contributed by atoms with Gasteiger partial charge in [0.05, 0.1) is 12.0 Å². The molecule has 0 amide bonds. The molecule has 3 nitrogen and oxygen atoms in total. The molecule has 2 aromatic carbocycles. The van der Waals surface area contributed by atoms with Gasteiger partial charge in [-0.3, -0.25) is 0 Å². The van der Waals surface area contributed by atoms with E-state index in [2.05, 4.69) is 30.1 Å². The van der Waals surface area contributed by atoms with Crippen LogP contribution in [0.25, 0.3) is 0 Å². The summed E-state index contributed by atoms with van der Waals surface area (Å²) in [7, 11) is 0. The molecule has 0 saturated heterocycles. The van der Waals surface area contributed by atoms with Crippen LogP contribution in [0.3, 0.4) is 0 Å². The average molecular weight is 306 g/mol. The standard InChI is InChI=1S/C20H22N2O/c1-15-8-7-11-18(16(15)2)20(3,23)19-13-22(14-21-19)12-17-9-5-4-6-10-17/h4-11,13-14,23H,12H2,1-3H3. The minimum absolute atomic E-state index is 0.669. The van der Waals surface area contributed by atoms with Gasteiger partial charge in [-0.25, -0.2) is 4.98 Å². The molecule has 0 spiro atoms. The van der Waals surface area contributed by atoms with Crippen LogP contribution < -0.4 is 0 Å². The Morgan fingerprint density at radius 2 is 1.78 bits per heavy atom. The lowest BCUT2D eigenvalue weighted by Gasteiger charge is -2.24. The lowest BCUT2D eigenvalue weighted by molar-refractivity contribution is 0.0970. The second kappa shape index (κ2) is 6.01. The first-order chi connectivity index (χ1) is 11.0. The van der Waals surface area contributed by atoms with Gasteiger partial charge in [-0.2, -0.15) is 0 Å². The maximum absolute atomic E-state index is 11.1. The Labute approximate surface area is 137 Å². The van der Waals surface area contributed by atoms with Crippen LogP contribution in [0, 0.1) is 13.8 Å². The fraction of sp³-hybridized carbons (Fsp3) is 0.250. The summed E-state index contributed by atoms with van der Waals surface area (Å²) in [6.45, 7) is 6.66. The van der Waals surface area contributed by atoms with Crippen molar-refractivity contribution >= 4 is 0 Å². The summed E-state index contributed by atoms with van der Waals surface area (Å²) in [5.41, 5.74) is 3.96. The van der Waals surface area contributed by atoms with Crippen molar-refractivity contribution < 1.29 is 5.11 Å². The number of aryl methyl sites for hydroxylation is 1. The summed E-state index contributed by atoms with van der Waals surface area (Å²) >= 11 is 0. The molecule has 0 radical (unpaired) electrons. The lowest BCUT2D eigenvalue weighted by atomic mass is 9.88. The van der Waals surface area contributed by atoms with Crippen LogP contribution in [0.4, 0.5) is 0 Å².